The van der Waals surface area contributed by atoms with Gasteiger partial charge in [-0.3, -0.25) is 9.78 Å². The summed E-state index contributed by atoms with van der Waals surface area (Å²) < 4.78 is 0.608. The molecule has 0 fully saturated rings. The Bertz CT molecular complexity index is 588. The summed E-state index contributed by atoms with van der Waals surface area (Å²) in [5, 5.41) is 2.99. The number of amides is 1. The Morgan fingerprint density at radius 3 is 2.67 bits per heavy atom. The first-order chi connectivity index (χ1) is 8.56. The molecule has 0 aliphatic rings. The van der Waals surface area contributed by atoms with E-state index >= 15 is 0 Å². The molecule has 2 aromatic rings. The maximum Gasteiger partial charge on any atom is 0.275 e. The van der Waals surface area contributed by atoms with Gasteiger partial charge >= 0.3 is 0 Å². The molecule has 0 aromatic carbocycles. The smallest absolute Gasteiger partial charge is 0.275 e. The number of anilines is 1. The molecule has 1 amide bonds. The molecule has 2 heterocycles. The molecule has 0 saturated carbocycles. The highest BCUT2D eigenvalue weighted by molar-refractivity contribution is 9.10. The number of rotatable bonds is 2. The molecule has 0 saturated heterocycles. The Morgan fingerprint density at radius 1 is 1.28 bits per heavy atom. The Labute approximate surface area is 117 Å². The molecule has 0 aliphatic heterocycles. The van der Waals surface area contributed by atoms with Crippen molar-refractivity contribution in [2.75, 3.05) is 5.32 Å². The van der Waals surface area contributed by atoms with Crippen molar-refractivity contribution in [3.05, 3.63) is 45.7 Å². The minimum absolute atomic E-state index is 0.242. The van der Waals surface area contributed by atoms with Gasteiger partial charge in [-0.25, -0.2) is 9.97 Å². The van der Waals surface area contributed by atoms with Crippen LogP contribution in [-0.4, -0.2) is 20.9 Å². The van der Waals surface area contributed by atoms with Gasteiger partial charge in [-0.15, -0.1) is 0 Å². The lowest BCUT2D eigenvalue weighted by molar-refractivity contribution is 0.102. The molecule has 0 aliphatic carbocycles. The topological polar surface area (TPSA) is 67.8 Å². The summed E-state index contributed by atoms with van der Waals surface area (Å²) in [7, 11) is 0. The van der Waals surface area contributed by atoms with Crippen LogP contribution in [0.1, 0.15) is 16.2 Å². The molecule has 2 aromatic heterocycles. The summed E-state index contributed by atoms with van der Waals surface area (Å²) in [5.41, 5.74) is 1.52. The van der Waals surface area contributed by atoms with Gasteiger partial charge in [-0.05, 0) is 28.9 Å². The Morgan fingerprint density at radius 2 is 2.06 bits per heavy atom. The second-order valence-electron chi connectivity index (χ2n) is 3.49. The van der Waals surface area contributed by atoms with Gasteiger partial charge in [0, 0.05) is 6.20 Å². The predicted octanol–water partition coefficient (Wildman–Crippen LogP) is 2.85. The van der Waals surface area contributed by atoms with E-state index in [1.807, 2.05) is 0 Å². The van der Waals surface area contributed by atoms with Gasteiger partial charge in [0.1, 0.15) is 10.8 Å². The van der Waals surface area contributed by atoms with E-state index in [4.69, 9.17) is 11.6 Å². The molecule has 0 unspecified atom stereocenters. The number of aromatic nitrogens is 3. The Balaban J connectivity index is 2.16. The first-order valence-electron chi connectivity index (χ1n) is 4.97. The average Bonchev–Trinajstić information content (AvgIpc) is 2.34. The van der Waals surface area contributed by atoms with Crippen LogP contribution in [0.25, 0.3) is 0 Å². The Kier molecular flexibility index (Phi) is 3.88. The first-order valence-corrected chi connectivity index (χ1v) is 6.14. The van der Waals surface area contributed by atoms with Crippen molar-refractivity contribution in [2.24, 2.45) is 0 Å². The number of hydrogen-bond donors (Lipinski definition) is 1. The number of carbonyl (C=O) groups is 1. The number of nitrogens with zero attached hydrogens (tertiary/aromatic N) is 3. The second kappa shape index (κ2) is 5.41. The van der Waals surface area contributed by atoms with Crippen LogP contribution in [0.2, 0.25) is 5.15 Å². The summed E-state index contributed by atoms with van der Waals surface area (Å²) in [6, 6.07) is 1.66. The summed E-state index contributed by atoms with van der Waals surface area (Å²) in [4.78, 5) is 23.7. The molecule has 0 radical (unpaired) electrons. The number of pyridine rings is 1. The fourth-order valence-electron chi connectivity index (χ4n) is 1.19. The van der Waals surface area contributed by atoms with E-state index in [0.717, 1.165) is 5.69 Å². The first kappa shape index (κ1) is 12.9. The van der Waals surface area contributed by atoms with E-state index in [-0.39, 0.29) is 11.6 Å². The van der Waals surface area contributed by atoms with Crippen molar-refractivity contribution < 1.29 is 4.79 Å². The zero-order valence-corrected chi connectivity index (χ0v) is 11.7. The van der Waals surface area contributed by atoms with Crippen LogP contribution in [0, 0.1) is 6.92 Å². The molecule has 0 spiro atoms. The number of hydrogen-bond acceptors (Lipinski definition) is 4. The van der Waals surface area contributed by atoms with E-state index < -0.39 is 0 Å². The molecule has 7 heteroatoms. The summed E-state index contributed by atoms with van der Waals surface area (Å²) in [6.07, 6.45) is 4.42. The normalized spacial score (nSPS) is 10.2. The van der Waals surface area contributed by atoms with Gasteiger partial charge in [0.15, 0.2) is 0 Å². The standard InChI is InChI=1S/C11H8BrClN4O/c1-6-3-15-9(5-14-6)11(18)17-7-2-8(12)10(13)16-4-7/h2-5H,1H3,(H,17,18). The van der Waals surface area contributed by atoms with Crippen LogP contribution < -0.4 is 5.32 Å². The third kappa shape index (κ3) is 3.02. The zero-order chi connectivity index (χ0) is 13.1. The number of aryl methyl sites for hydroxylation is 1. The average molecular weight is 328 g/mol. The third-order valence-corrected chi connectivity index (χ3v) is 3.20. The van der Waals surface area contributed by atoms with E-state index in [2.05, 4.69) is 36.2 Å². The number of nitrogens with one attached hydrogen (secondary N) is 1. The lowest BCUT2D eigenvalue weighted by Gasteiger charge is -2.05. The Hall–Kier alpha value is -1.53. The number of halogens is 2. The molecule has 2 rings (SSSR count). The molecular formula is C11H8BrClN4O. The highest BCUT2D eigenvalue weighted by Gasteiger charge is 2.09. The fourth-order valence-corrected chi connectivity index (χ4v) is 1.65. The van der Waals surface area contributed by atoms with Crippen LogP contribution in [0.5, 0.6) is 0 Å². The van der Waals surface area contributed by atoms with Crippen molar-refractivity contribution in [1.82, 2.24) is 15.0 Å². The molecule has 0 bridgehead atoms. The van der Waals surface area contributed by atoms with Crippen LogP contribution in [0.15, 0.2) is 29.1 Å². The maximum atomic E-state index is 11.8. The van der Waals surface area contributed by atoms with Gasteiger partial charge in [0.2, 0.25) is 0 Å². The molecule has 18 heavy (non-hydrogen) atoms. The molecule has 0 atom stereocenters. The van der Waals surface area contributed by atoms with Crippen molar-refractivity contribution in [2.45, 2.75) is 6.92 Å². The van der Waals surface area contributed by atoms with Crippen molar-refractivity contribution >= 4 is 39.1 Å². The SMILES string of the molecule is Cc1cnc(C(=O)Nc2cnc(Cl)c(Br)c2)cn1. The summed E-state index contributed by atoms with van der Waals surface area (Å²) in [5.74, 6) is -0.349. The summed E-state index contributed by atoms with van der Waals surface area (Å²) in [6.45, 7) is 1.80. The highest BCUT2D eigenvalue weighted by atomic mass is 79.9. The van der Waals surface area contributed by atoms with Crippen molar-refractivity contribution in [3.8, 4) is 0 Å². The van der Waals surface area contributed by atoms with Crippen LogP contribution in [-0.2, 0) is 0 Å². The molecular weight excluding hydrogens is 320 g/mol. The van der Waals surface area contributed by atoms with Crippen LogP contribution in [0.4, 0.5) is 5.69 Å². The zero-order valence-electron chi connectivity index (χ0n) is 9.32. The molecule has 92 valence electrons. The third-order valence-electron chi connectivity index (χ3n) is 2.07. The van der Waals surface area contributed by atoms with Gasteiger partial charge in [0.05, 0.1) is 28.2 Å². The van der Waals surface area contributed by atoms with Gasteiger partial charge in [-0.2, -0.15) is 0 Å². The second-order valence-corrected chi connectivity index (χ2v) is 4.71. The van der Waals surface area contributed by atoms with Crippen LogP contribution >= 0.6 is 27.5 Å². The van der Waals surface area contributed by atoms with Gasteiger partial charge < -0.3 is 5.32 Å². The van der Waals surface area contributed by atoms with Crippen LogP contribution in [0.3, 0.4) is 0 Å². The minimum atomic E-state index is -0.349. The monoisotopic (exact) mass is 326 g/mol. The predicted molar refractivity (Wildman–Crippen MR) is 71.7 cm³/mol. The van der Waals surface area contributed by atoms with Gasteiger partial charge in [0.25, 0.3) is 5.91 Å². The van der Waals surface area contributed by atoms with E-state index in [1.165, 1.54) is 18.6 Å². The largest absolute Gasteiger partial charge is 0.319 e. The van der Waals surface area contributed by atoms with Crippen molar-refractivity contribution in [3.63, 3.8) is 0 Å². The quantitative estimate of drug-likeness (QED) is 0.861. The van der Waals surface area contributed by atoms with Gasteiger partial charge in [-0.1, -0.05) is 11.6 Å². The highest BCUT2D eigenvalue weighted by Crippen LogP contribution is 2.22. The summed E-state index contributed by atoms with van der Waals surface area (Å²) >= 11 is 8.99. The lowest BCUT2D eigenvalue weighted by Crippen LogP contribution is -2.14. The van der Waals surface area contributed by atoms with E-state index in [0.29, 0.717) is 15.3 Å². The van der Waals surface area contributed by atoms with Crippen molar-refractivity contribution in [1.29, 1.82) is 0 Å². The lowest BCUT2D eigenvalue weighted by atomic mass is 10.3. The fraction of sp³-hybridized carbons (Fsp3) is 0.0909. The molecule has 1 N–H and O–H groups in total. The van der Waals surface area contributed by atoms with E-state index in [9.17, 15) is 4.79 Å². The van der Waals surface area contributed by atoms with E-state index in [1.54, 1.807) is 13.0 Å². The minimum Gasteiger partial charge on any atom is -0.319 e. The number of carbonyl (C=O) groups excluding carboxylic acids is 1. The molecule has 5 nitrogen and oxygen atoms in total. The maximum absolute atomic E-state index is 11.8.